The fourth-order valence-electron chi connectivity index (χ4n) is 1.46. The van der Waals surface area contributed by atoms with Crippen LogP contribution in [-0.4, -0.2) is 49.5 Å². The van der Waals surface area contributed by atoms with Gasteiger partial charge in [-0.1, -0.05) is 0 Å². The maximum absolute atomic E-state index is 8.76. The third kappa shape index (κ3) is 7.30. The van der Waals surface area contributed by atoms with Gasteiger partial charge in [0, 0.05) is 32.9 Å². The third-order valence-corrected chi connectivity index (χ3v) is 2.38. The number of unbranched alkanes of at least 4 members (excludes halogenated alkanes) is 1. The largest absolute Gasteiger partial charge is 0.396 e. The van der Waals surface area contributed by atoms with Gasteiger partial charge in [-0.05, 0) is 39.7 Å². The molecule has 0 atom stereocenters. The Labute approximate surface area is 88.1 Å². The minimum absolute atomic E-state index is 0.293. The highest BCUT2D eigenvalue weighted by atomic mass is 16.5. The fourth-order valence-corrected chi connectivity index (χ4v) is 1.46. The number of nitrogens with zero attached hydrogens (tertiary/aromatic N) is 1. The molecule has 0 unspecified atom stereocenters. The van der Waals surface area contributed by atoms with Crippen LogP contribution in [0.5, 0.6) is 0 Å². The lowest BCUT2D eigenvalue weighted by Crippen LogP contribution is -2.33. The van der Waals surface area contributed by atoms with Gasteiger partial charge in [0.15, 0.2) is 0 Å². The standard InChI is InChI=1S/C11H25NO2/c1-11(2)12(8-6-9-13)7-4-5-10-14-3/h11,13H,4-10H2,1-3H3. The van der Waals surface area contributed by atoms with Gasteiger partial charge >= 0.3 is 0 Å². The molecule has 0 aromatic rings. The first-order chi connectivity index (χ1) is 6.72. The van der Waals surface area contributed by atoms with Crippen molar-refractivity contribution in [3.8, 4) is 0 Å². The summed E-state index contributed by atoms with van der Waals surface area (Å²) in [5, 5.41) is 8.76. The highest BCUT2D eigenvalue weighted by Crippen LogP contribution is 2.02. The van der Waals surface area contributed by atoms with E-state index in [1.165, 1.54) is 6.42 Å². The van der Waals surface area contributed by atoms with Crippen molar-refractivity contribution in [3.05, 3.63) is 0 Å². The second kappa shape index (κ2) is 9.44. The summed E-state index contributed by atoms with van der Waals surface area (Å²) in [6, 6.07) is 0.573. The lowest BCUT2D eigenvalue weighted by molar-refractivity contribution is 0.166. The zero-order valence-corrected chi connectivity index (χ0v) is 9.83. The number of aliphatic hydroxyl groups excluding tert-OH is 1. The first-order valence-corrected chi connectivity index (χ1v) is 5.56. The Bertz CT molecular complexity index is 118. The van der Waals surface area contributed by atoms with E-state index in [4.69, 9.17) is 9.84 Å². The van der Waals surface area contributed by atoms with Gasteiger partial charge in [0.25, 0.3) is 0 Å². The van der Waals surface area contributed by atoms with E-state index in [2.05, 4.69) is 18.7 Å². The Morgan fingerprint density at radius 2 is 1.79 bits per heavy atom. The number of hydrogen-bond acceptors (Lipinski definition) is 3. The topological polar surface area (TPSA) is 32.7 Å². The van der Waals surface area contributed by atoms with Crippen molar-refractivity contribution in [2.75, 3.05) is 33.4 Å². The van der Waals surface area contributed by atoms with E-state index in [9.17, 15) is 0 Å². The van der Waals surface area contributed by atoms with E-state index in [-0.39, 0.29) is 0 Å². The maximum Gasteiger partial charge on any atom is 0.0462 e. The lowest BCUT2D eigenvalue weighted by Gasteiger charge is -2.26. The zero-order valence-electron chi connectivity index (χ0n) is 9.83. The Kier molecular flexibility index (Phi) is 9.35. The summed E-state index contributed by atoms with van der Waals surface area (Å²) >= 11 is 0. The molecule has 0 aliphatic rings. The number of rotatable bonds is 9. The van der Waals surface area contributed by atoms with Crippen LogP contribution in [0.1, 0.15) is 33.1 Å². The van der Waals surface area contributed by atoms with Crippen molar-refractivity contribution < 1.29 is 9.84 Å². The van der Waals surface area contributed by atoms with Crippen LogP contribution in [0.3, 0.4) is 0 Å². The first kappa shape index (κ1) is 13.9. The highest BCUT2D eigenvalue weighted by Gasteiger charge is 2.07. The molecule has 86 valence electrons. The van der Waals surface area contributed by atoms with E-state index in [1.807, 2.05) is 0 Å². The lowest BCUT2D eigenvalue weighted by atomic mass is 10.2. The van der Waals surface area contributed by atoms with Crippen molar-refractivity contribution in [1.82, 2.24) is 4.90 Å². The van der Waals surface area contributed by atoms with Crippen molar-refractivity contribution >= 4 is 0 Å². The highest BCUT2D eigenvalue weighted by molar-refractivity contribution is 4.62. The summed E-state index contributed by atoms with van der Waals surface area (Å²) in [6.07, 6.45) is 3.18. The molecule has 14 heavy (non-hydrogen) atoms. The molecule has 0 aliphatic carbocycles. The van der Waals surface area contributed by atoms with Gasteiger partial charge in [-0.2, -0.15) is 0 Å². The van der Waals surface area contributed by atoms with Gasteiger partial charge in [0.1, 0.15) is 0 Å². The fraction of sp³-hybridized carbons (Fsp3) is 1.00. The quantitative estimate of drug-likeness (QED) is 0.577. The van der Waals surface area contributed by atoms with Gasteiger partial charge in [0.2, 0.25) is 0 Å². The molecule has 0 aliphatic heterocycles. The van der Waals surface area contributed by atoms with Gasteiger partial charge < -0.3 is 14.7 Å². The molecular weight excluding hydrogens is 178 g/mol. The van der Waals surface area contributed by atoms with E-state index >= 15 is 0 Å². The monoisotopic (exact) mass is 203 g/mol. The molecule has 0 bridgehead atoms. The average molecular weight is 203 g/mol. The van der Waals surface area contributed by atoms with Crippen LogP contribution < -0.4 is 0 Å². The molecule has 0 saturated carbocycles. The summed E-state index contributed by atoms with van der Waals surface area (Å²) in [5.41, 5.74) is 0. The maximum atomic E-state index is 8.76. The second-order valence-electron chi connectivity index (χ2n) is 3.91. The van der Waals surface area contributed by atoms with Crippen molar-refractivity contribution in [3.63, 3.8) is 0 Å². The predicted octanol–water partition coefficient (Wildman–Crippen LogP) is 1.51. The molecular formula is C11H25NO2. The Balaban J connectivity index is 3.52. The van der Waals surface area contributed by atoms with Crippen LogP contribution >= 0.6 is 0 Å². The van der Waals surface area contributed by atoms with Crippen LogP contribution in [0.25, 0.3) is 0 Å². The smallest absolute Gasteiger partial charge is 0.0462 e. The molecule has 0 fully saturated rings. The van der Waals surface area contributed by atoms with Gasteiger partial charge in [-0.15, -0.1) is 0 Å². The van der Waals surface area contributed by atoms with Gasteiger partial charge in [0.05, 0.1) is 0 Å². The van der Waals surface area contributed by atoms with Crippen LogP contribution in [0, 0.1) is 0 Å². The Morgan fingerprint density at radius 1 is 1.14 bits per heavy atom. The van der Waals surface area contributed by atoms with E-state index in [1.54, 1.807) is 7.11 Å². The van der Waals surface area contributed by atoms with Crippen LogP contribution in [-0.2, 0) is 4.74 Å². The average Bonchev–Trinajstić information content (AvgIpc) is 2.16. The molecule has 0 saturated heterocycles. The summed E-state index contributed by atoms with van der Waals surface area (Å²) in [7, 11) is 1.74. The van der Waals surface area contributed by atoms with Crippen LogP contribution in [0.15, 0.2) is 0 Å². The van der Waals surface area contributed by atoms with Crippen molar-refractivity contribution in [2.24, 2.45) is 0 Å². The Hall–Kier alpha value is -0.120. The zero-order chi connectivity index (χ0) is 10.8. The number of hydrogen-bond donors (Lipinski definition) is 1. The molecule has 0 rings (SSSR count). The van der Waals surface area contributed by atoms with Crippen LogP contribution in [0.4, 0.5) is 0 Å². The summed E-state index contributed by atoms with van der Waals surface area (Å²) in [5.74, 6) is 0. The van der Waals surface area contributed by atoms with E-state index in [0.29, 0.717) is 12.6 Å². The minimum Gasteiger partial charge on any atom is -0.396 e. The predicted molar refractivity (Wildman–Crippen MR) is 59.5 cm³/mol. The number of methoxy groups -OCH3 is 1. The molecule has 0 spiro atoms. The van der Waals surface area contributed by atoms with Crippen LogP contribution in [0.2, 0.25) is 0 Å². The number of ether oxygens (including phenoxy) is 1. The van der Waals surface area contributed by atoms with Gasteiger partial charge in [-0.3, -0.25) is 0 Å². The molecule has 1 N–H and O–H groups in total. The van der Waals surface area contributed by atoms with Gasteiger partial charge in [-0.25, -0.2) is 0 Å². The third-order valence-electron chi connectivity index (χ3n) is 2.38. The molecule has 0 aromatic carbocycles. The Morgan fingerprint density at radius 3 is 2.29 bits per heavy atom. The summed E-state index contributed by atoms with van der Waals surface area (Å²) in [4.78, 5) is 2.41. The normalized spacial score (nSPS) is 11.6. The molecule has 0 aromatic heterocycles. The number of aliphatic hydroxyl groups is 1. The minimum atomic E-state index is 0.293. The SMILES string of the molecule is COCCCCN(CCCO)C(C)C. The molecule has 3 heteroatoms. The van der Waals surface area contributed by atoms with Crippen molar-refractivity contribution in [1.29, 1.82) is 0 Å². The second-order valence-corrected chi connectivity index (χ2v) is 3.91. The van der Waals surface area contributed by atoms with E-state index in [0.717, 1.165) is 32.5 Å². The molecule has 0 amide bonds. The van der Waals surface area contributed by atoms with Crippen molar-refractivity contribution in [2.45, 2.75) is 39.2 Å². The summed E-state index contributed by atoms with van der Waals surface area (Å²) < 4.78 is 5.01. The summed E-state index contributed by atoms with van der Waals surface area (Å²) in [6.45, 7) is 7.66. The molecule has 0 radical (unpaired) electrons. The molecule has 0 heterocycles. The molecule has 3 nitrogen and oxygen atoms in total. The first-order valence-electron chi connectivity index (χ1n) is 5.56. The van der Waals surface area contributed by atoms with E-state index < -0.39 is 0 Å².